The Morgan fingerprint density at radius 3 is 2.13 bits per heavy atom. The van der Waals surface area contributed by atoms with E-state index in [1.54, 1.807) is 0 Å². The molecular weight excluding hydrogens is 192 g/mol. The second-order valence-corrected chi connectivity index (χ2v) is 5.69. The highest BCUT2D eigenvalue weighted by Gasteiger charge is 2.30. The summed E-state index contributed by atoms with van der Waals surface area (Å²) in [5.41, 5.74) is 5.16. The Hall–Kier alpha value is -0.610. The number of nitrogens with two attached hydrogens (primary N) is 1. The van der Waals surface area contributed by atoms with E-state index < -0.39 is 11.6 Å². The Kier molecular flexibility index (Phi) is 4.74. The molecule has 0 saturated heterocycles. The van der Waals surface area contributed by atoms with Gasteiger partial charge >= 0.3 is 0 Å². The molecular formula is C11H24N2O2. The van der Waals surface area contributed by atoms with Crippen LogP contribution in [0.15, 0.2) is 0 Å². The fourth-order valence-electron chi connectivity index (χ4n) is 1.15. The van der Waals surface area contributed by atoms with Crippen molar-refractivity contribution in [2.75, 3.05) is 6.61 Å². The number of rotatable bonds is 4. The Labute approximate surface area is 92.2 Å². The molecule has 4 heteroatoms. The zero-order valence-electron chi connectivity index (χ0n) is 10.4. The smallest absolute Gasteiger partial charge is 0.237 e. The number of carbonyl (C=O) groups excluding carboxylic acids is 1. The molecule has 1 atom stereocenters. The molecule has 0 fully saturated rings. The molecule has 0 aliphatic rings. The fourth-order valence-corrected chi connectivity index (χ4v) is 1.15. The summed E-state index contributed by atoms with van der Waals surface area (Å²) in [4.78, 5) is 11.8. The quantitative estimate of drug-likeness (QED) is 0.645. The van der Waals surface area contributed by atoms with E-state index in [-0.39, 0.29) is 17.9 Å². The van der Waals surface area contributed by atoms with Gasteiger partial charge in [0.1, 0.15) is 0 Å². The highest BCUT2D eigenvalue weighted by atomic mass is 16.3. The first-order valence-corrected chi connectivity index (χ1v) is 5.28. The first-order chi connectivity index (χ1) is 6.60. The van der Waals surface area contributed by atoms with Crippen LogP contribution in [0.3, 0.4) is 0 Å². The van der Waals surface area contributed by atoms with Crippen molar-refractivity contribution < 1.29 is 9.90 Å². The van der Waals surface area contributed by atoms with Gasteiger partial charge in [-0.1, -0.05) is 20.8 Å². The van der Waals surface area contributed by atoms with E-state index in [0.717, 1.165) is 0 Å². The van der Waals surface area contributed by atoms with Crippen LogP contribution in [0.25, 0.3) is 0 Å². The highest BCUT2D eigenvalue weighted by Crippen LogP contribution is 2.18. The van der Waals surface area contributed by atoms with Crippen LogP contribution in [-0.2, 0) is 4.79 Å². The molecule has 0 aliphatic carbocycles. The fraction of sp³-hybridized carbons (Fsp3) is 0.909. The molecule has 0 radical (unpaired) electrons. The molecule has 4 nitrogen and oxygen atoms in total. The standard InChI is InChI=1S/C11H24N2O2/c1-10(2,3)8(12)9(15)13-11(4,5)6-7-14/h8,14H,6-7,12H2,1-5H3,(H,13,15). The third kappa shape index (κ3) is 5.14. The SMILES string of the molecule is CC(C)(CCO)NC(=O)C(N)C(C)(C)C. The summed E-state index contributed by atoms with van der Waals surface area (Å²) < 4.78 is 0. The lowest BCUT2D eigenvalue weighted by atomic mass is 9.86. The Morgan fingerprint density at radius 2 is 1.80 bits per heavy atom. The van der Waals surface area contributed by atoms with Crippen molar-refractivity contribution >= 4 is 5.91 Å². The van der Waals surface area contributed by atoms with E-state index in [9.17, 15) is 4.79 Å². The van der Waals surface area contributed by atoms with Crippen molar-refractivity contribution in [3.05, 3.63) is 0 Å². The third-order valence-corrected chi connectivity index (χ3v) is 2.41. The predicted molar refractivity (Wildman–Crippen MR) is 61.4 cm³/mol. The molecule has 1 amide bonds. The maximum atomic E-state index is 11.8. The zero-order valence-corrected chi connectivity index (χ0v) is 10.4. The van der Waals surface area contributed by atoms with Gasteiger partial charge in [0.05, 0.1) is 6.04 Å². The van der Waals surface area contributed by atoms with Crippen LogP contribution in [-0.4, -0.2) is 29.2 Å². The minimum absolute atomic E-state index is 0.0536. The molecule has 0 aromatic heterocycles. The van der Waals surface area contributed by atoms with E-state index in [0.29, 0.717) is 6.42 Å². The highest BCUT2D eigenvalue weighted by molar-refractivity contribution is 5.82. The summed E-state index contributed by atoms with van der Waals surface area (Å²) in [6.07, 6.45) is 0.523. The molecule has 90 valence electrons. The van der Waals surface area contributed by atoms with Gasteiger partial charge in [0.15, 0.2) is 0 Å². The van der Waals surface area contributed by atoms with E-state index in [2.05, 4.69) is 5.32 Å². The first kappa shape index (κ1) is 14.4. The largest absolute Gasteiger partial charge is 0.396 e. The molecule has 0 spiro atoms. The summed E-state index contributed by atoms with van der Waals surface area (Å²) in [7, 11) is 0. The molecule has 0 saturated carbocycles. The van der Waals surface area contributed by atoms with Crippen LogP contribution in [0.5, 0.6) is 0 Å². The number of carbonyl (C=O) groups is 1. The van der Waals surface area contributed by atoms with Crippen molar-refractivity contribution in [2.45, 2.75) is 52.6 Å². The van der Waals surface area contributed by atoms with Crippen LogP contribution in [0.1, 0.15) is 41.0 Å². The lowest BCUT2D eigenvalue weighted by Crippen LogP contribution is -2.54. The van der Waals surface area contributed by atoms with Crippen molar-refractivity contribution in [1.29, 1.82) is 0 Å². The Balaban J connectivity index is 4.37. The third-order valence-electron chi connectivity index (χ3n) is 2.41. The molecule has 0 bridgehead atoms. The molecule has 1 unspecified atom stereocenters. The second-order valence-electron chi connectivity index (χ2n) is 5.69. The van der Waals surface area contributed by atoms with Gasteiger partial charge in [0.25, 0.3) is 0 Å². The first-order valence-electron chi connectivity index (χ1n) is 5.28. The van der Waals surface area contributed by atoms with Gasteiger partial charge in [0.2, 0.25) is 5.91 Å². The molecule has 0 aromatic rings. The molecule has 0 aromatic carbocycles. The van der Waals surface area contributed by atoms with Gasteiger partial charge in [0, 0.05) is 12.1 Å². The van der Waals surface area contributed by atoms with Crippen molar-refractivity contribution in [1.82, 2.24) is 5.32 Å². The van der Waals surface area contributed by atoms with Crippen LogP contribution in [0, 0.1) is 5.41 Å². The maximum Gasteiger partial charge on any atom is 0.237 e. The lowest BCUT2D eigenvalue weighted by molar-refractivity contribution is -0.126. The van der Waals surface area contributed by atoms with Gasteiger partial charge in [-0.05, 0) is 25.7 Å². The van der Waals surface area contributed by atoms with E-state index in [1.165, 1.54) is 0 Å². The maximum absolute atomic E-state index is 11.8. The number of amides is 1. The Bertz CT molecular complexity index is 219. The van der Waals surface area contributed by atoms with Crippen LogP contribution in [0.4, 0.5) is 0 Å². The average molecular weight is 216 g/mol. The summed E-state index contributed by atoms with van der Waals surface area (Å²) >= 11 is 0. The summed E-state index contributed by atoms with van der Waals surface area (Å²) in [6.45, 7) is 9.58. The van der Waals surface area contributed by atoms with Crippen molar-refractivity contribution in [3.63, 3.8) is 0 Å². The molecule has 4 N–H and O–H groups in total. The van der Waals surface area contributed by atoms with Gasteiger partial charge < -0.3 is 16.2 Å². The lowest BCUT2D eigenvalue weighted by Gasteiger charge is -2.31. The normalized spacial score (nSPS) is 14.9. The number of hydrogen-bond donors (Lipinski definition) is 3. The van der Waals surface area contributed by atoms with Crippen LogP contribution < -0.4 is 11.1 Å². The molecule has 0 heterocycles. The summed E-state index contributed by atoms with van der Waals surface area (Å²) in [6, 6.07) is -0.532. The summed E-state index contributed by atoms with van der Waals surface area (Å²) in [5, 5.41) is 11.7. The van der Waals surface area contributed by atoms with Crippen LogP contribution >= 0.6 is 0 Å². The van der Waals surface area contributed by atoms with E-state index in [1.807, 2.05) is 34.6 Å². The van der Waals surface area contributed by atoms with Crippen LogP contribution in [0.2, 0.25) is 0 Å². The molecule has 0 aliphatic heterocycles. The number of aliphatic hydroxyl groups is 1. The molecule has 15 heavy (non-hydrogen) atoms. The van der Waals surface area contributed by atoms with E-state index >= 15 is 0 Å². The second kappa shape index (κ2) is 4.94. The average Bonchev–Trinajstić information content (AvgIpc) is 1.99. The van der Waals surface area contributed by atoms with E-state index in [4.69, 9.17) is 10.8 Å². The van der Waals surface area contributed by atoms with Crippen molar-refractivity contribution in [3.8, 4) is 0 Å². The predicted octanol–water partition coefficient (Wildman–Crippen LogP) is 0.637. The van der Waals surface area contributed by atoms with Gasteiger partial charge in [-0.2, -0.15) is 0 Å². The zero-order chi connectivity index (χ0) is 12.3. The van der Waals surface area contributed by atoms with Gasteiger partial charge in [-0.15, -0.1) is 0 Å². The number of hydrogen-bond acceptors (Lipinski definition) is 3. The monoisotopic (exact) mass is 216 g/mol. The number of nitrogens with one attached hydrogen (secondary N) is 1. The number of aliphatic hydroxyl groups excluding tert-OH is 1. The van der Waals surface area contributed by atoms with Gasteiger partial charge in [-0.25, -0.2) is 0 Å². The minimum Gasteiger partial charge on any atom is -0.396 e. The Morgan fingerprint density at radius 1 is 1.33 bits per heavy atom. The van der Waals surface area contributed by atoms with Gasteiger partial charge in [-0.3, -0.25) is 4.79 Å². The molecule has 0 rings (SSSR count). The topological polar surface area (TPSA) is 75.3 Å². The minimum atomic E-state index is -0.532. The summed E-state index contributed by atoms with van der Waals surface area (Å²) in [5.74, 6) is -0.166. The van der Waals surface area contributed by atoms with Crippen molar-refractivity contribution in [2.24, 2.45) is 11.1 Å².